The Morgan fingerprint density at radius 3 is 2.87 bits per heavy atom. The van der Waals surface area contributed by atoms with E-state index in [1.165, 1.54) is 6.33 Å². The van der Waals surface area contributed by atoms with Crippen molar-refractivity contribution >= 4 is 24.4 Å². The summed E-state index contributed by atoms with van der Waals surface area (Å²) in [6, 6.07) is 6.91. The molecule has 0 aliphatic rings. The summed E-state index contributed by atoms with van der Waals surface area (Å²) in [4.78, 5) is 26.0. The van der Waals surface area contributed by atoms with Gasteiger partial charge in [-0.05, 0) is 17.7 Å². The number of aryl methyl sites for hydroxylation is 1. The fraction of sp³-hybridized carbons (Fsp3) is 0.143. The van der Waals surface area contributed by atoms with Crippen LogP contribution in [0.2, 0.25) is 0 Å². The van der Waals surface area contributed by atoms with E-state index in [-0.39, 0.29) is 0 Å². The molecule has 0 saturated carbocycles. The van der Waals surface area contributed by atoms with Gasteiger partial charge in [-0.25, -0.2) is 9.97 Å². The van der Waals surface area contributed by atoms with Gasteiger partial charge in [0.25, 0.3) is 0 Å². The Labute approximate surface area is 131 Å². The molecule has 0 radical (unpaired) electrons. The summed E-state index contributed by atoms with van der Waals surface area (Å²) in [5.41, 5.74) is 8.28. The van der Waals surface area contributed by atoms with Gasteiger partial charge in [-0.2, -0.15) is 0 Å². The zero-order chi connectivity index (χ0) is 16.6. The maximum absolute atomic E-state index is 10.9. The number of nitrogens with zero attached hydrogens (tertiary/aromatic N) is 3. The molecule has 0 unspecified atom stereocenters. The van der Waals surface area contributed by atoms with Gasteiger partial charge in [-0.1, -0.05) is 12.1 Å². The normalized spacial score (nSPS) is 11.8. The highest BCUT2D eigenvalue weighted by molar-refractivity contribution is 7.51. The Bertz CT molecular complexity index is 918. The van der Waals surface area contributed by atoms with Crippen LogP contribution < -0.4 is 10.5 Å². The molecule has 0 fully saturated rings. The Morgan fingerprint density at radius 2 is 2.13 bits per heavy atom. The van der Waals surface area contributed by atoms with Gasteiger partial charge in [-0.3, -0.25) is 4.57 Å². The molecule has 0 saturated heterocycles. The van der Waals surface area contributed by atoms with Crippen LogP contribution in [-0.2, 0) is 11.6 Å². The number of anilines is 1. The highest BCUT2D eigenvalue weighted by atomic mass is 31.2. The summed E-state index contributed by atoms with van der Waals surface area (Å²) >= 11 is 0. The minimum Gasteiger partial charge on any atom is -0.481 e. The van der Waals surface area contributed by atoms with Gasteiger partial charge >= 0.3 is 7.60 Å². The van der Waals surface area contributed by atoms with Crippen LogP contribution >= 0.6 is 7.60 Å². The molecule has 9 heteroatoms. The van der Waals surface area contributed by atoms with Crippen LogP contribution in [0.25, 0.3) is 22.2 Å². The van der Waals surface area contributed by atoms with Gasteiger partial charge in [0.2, 0.25) is 0 Å². The maximum Gasteiger partial charge on any atom is 0.362 e. The van der Waals surface area contributed by atoms with Crippen molar-refractivity contribution in [3.05, 3.63) is 36.8 Å². The van der Waals surface area contributed by atoms with Gasteiger partial charge in [0.1, 0.15) is 23.5 Å². The first-order chi connectivity index (χ1) is 10.8. The molecule has 4 N–H and O–H groups in total. The first-order valence-corrected chi connectivity index (χ1v) is 8.48. The van der Waals surface area contributed by atoms with E-state index in [1.807, 2.05) is 23.9 Å². The molecule has 0 atom stereocenters. The quantitative estimate of drug-likeness (QED) is 0.621. The number of benzene rings is 1. The lowest BCUT2D eigenvalue weighted by atomic mass is 10.1. The van der Waals surface area contributed by atoms with Crippen LogP contribution in [0.3, 0.4) is 0 Å². The lowest BCUT2D eigenvalue weighted by Crippen LogP contribution is -1.98. The standard InChI is InChI=1S/C14H15N4O4P/c1-18-6-11(12-13(15)16-7-17-14(12)18)9-3-2-4-10(5-9)22-8-23(19,20)21/h2-7H,8H2,1H3,(H2,15,16,17)(H2,19,20,21). The number of nitrogens with two attached hydrogens (primary N) is 1. The molecule has 3 aromatic rings. The monoisotopic (exact) mass is 334 g/mol. The van der Waals surface area contributed by atoms with E-state index >= 15 is 0 Å². The zero-order valence-electron chi connectivity index (χ0n) is 12.2. The highest BCUT2D eigenvalue weighted by Crippen LogP contribution is 2.36. The molecule has 0 spiro atoms. The van der Waals surface area contributed by atoms with Gasteiger partial charge < -0.3 is 24.8 Å². The fourth-order valence-electron chi connectivity index (χ4n) is 2.37. The summed E-state index contributed by atoms with van der Waals surface area (Å²) < 4.78 is 17.9. The number of aromatic nitrogens is 3. The summed E-state index contributed by atoms with van der Waals surface area (Å²) in [5, 5.41) is 0.724. The van der Waals surface area contributed by atoms with Crippen molar-refractivity contribution in [1.29, 1.82) is 0 Å². The lowest BCUT2D eigenvalue weighted by molar-refractivity contribution is 0.300. The molecular weight excluding hydrogens is 319 g/mol. The van der Waals surface area contributed by atoms with Gasteiger partial charge in [0.15, 0.2) is 6.35 Å². The predicted molar refractivity (Wildman–Crippen MR) is 85.9 cm³/mol. The molecule has 0 aliphatic carbocycles. The second kappa shape index (κ2) is 5.66. The average molecular weight is 334 g/mol. The van der Waals surface area contributed by atoms with Gasteiger partial charge in [0, 0.05) is 18.8 Å². The first-order valence-electron chi connectivity index (χ1n) is 6.68. The van der Waals surface area contributed by atoms with Gasteiger partial charge in [0.05, 0.1) is 5.39 Å². The molecule has 2 aromatic heterocycles. The SMILES string of the molecule is Cn1cc(-c2cccc(OCP(=O)(O)O)c2)c2c(N)ncnc21. The summed E-state index contributed by atoms with van der Waals surface area (Å²) in [7, 11) is -2.37. The minimum absolute atomic E-state index is 0.359. The van der Waals surface area contributed by atoms with Crippen LogP contribution in [0.4, 0.5) is 5.82 Å². The summed E-state index contributed by atoms with van der Waals surface area (Å²) in [6.45, 7) is 0. The number of ether oxygens (including phenoxy) is 1. The molecule has 3 rings (SSSR count). The Kier molecular flexibility index (Phi) is 3.81. The van der Waals surface area contributed by atoms with Crippen molar-refractivity contribution in [3.8, 4) is 16.9 Å². The number of hydrogen-bond donors (Lipinski definition) is 3. The number of hydrogen-bond acceptors (Lipinski definition) is 5. The van der Waals surface area contributed by atoms with Crippen LogP contribution in [0.5, 0.6) is 5.75 Å². The van der Waals surface area contributed by atoms with E-state index in [2.05, 4.69) is 9.97 Å². The van der Waals surface area contributed by atoms with E-state index in [9.17, 15) is 4.57 Å². The Hall–Kier alpha value is -2.41. The number of rotatable bonds is 4. The third-order valence-corrected chi connectivity index (χ3v) is 3.79. The van der Waals surface area contributed by atoms with Crippen molar-refractivity contribution in [2.75, 3.05) is 12.1 Å². The summed E-state index contributed by atoms with van der Waals surface area (Å²) in [5.74, 6) is 0.727. The highest BCUT2D eigenvalue weighted by Gasteiger charge is 2.16. The first kappa shape index (κ1) is 15.5. The van der Waals surface area contributed by atoms with Crippen LogP contribution in [0.15, 0.2) is 36.8 Å². The minimum atomic E-state index is -4.23. The van der Waals surface area contributed by atoms with Crippen LogP contribution in [0.1, 0.15) is 0 Å². The third kappa shape index (κ3) is 3.19. The van der Waals surface area contributed by atoms with Crippen molar-refractivity contribution in [3.63, 3.8) is 0 Å². The zero-order valence-corrected chi connectivity index (χ0v) is 13.1. The fourth-order valence-corrected chi connectivity index (χ4v) is 2.68. The van der Waals surface area contributed by atoms with Crippen molar-refractivity contribution < 1.29 is 19.1 Å². The van der Waals surface area contributed by atoms with Crippen molar-refractivity contribution in [1.82, 2.24) is 14.5 Å². The molecule has 0 bridgehead atoms. The van der Waals surface area contributed by atoms with Crippen molar-refractivity contribution in [2.45, 2.75) is 0 Å². The number of fused-ring (bicyclic) bond motifs is 1. The third-order valence-electron chi connectivity index (χ3n) is 3.33. The molecular formula is C14H15N4O4P. The molecule has 120 valence electrons. The number of nitrogen functional groups attached to an aromatic ring is 1. The largest absolute Gasteiger partial charge is 0.481 e. The van der Waals surface area contributed by atoms with E-state index in [4.69, 9.17) is 20.3 Å². The van der Waals surface area contributed by atoms with Crippen LogP contribution in [-0.4, -0.2) is 30.7 Å². The van der Waals surface area contributed by atoms with Crippen molar-refractivity contribution in [2.24, 2.45) is 7.05 Å². The summed E-state index contributed by atoms with van der Waals surface area (Å²) in [6.07, 6.45) is 2.61. The van der Waals surface area contributed by atoms with E-state index in [1.54, 1.807) is 18.2 Å². The Balaban J connectivity index is 2.04. The molecule has 0 amide bonds. The molecule has 0 aliphatic heterocycles. The second-order valence-corrected chi connectivity index (χ2v) is 6.66. The molecule has 1 aromatic carbocycles. The van der Waals surface area contributed by atoms with E-state index < -0.39 is 13.9 Å². The Morgan fingerprint density at radius 1 is 1.35 bits per heavy atom. The second-order valence-electron chi connectivity index (χ2n) is 5.08. The molecule has 2 heterocycles. The van der Waals surface area contributed by atoms with E-state index in [0.29, 0.717) is 17.2 Å². The maximum atomic E-state index is 10.9. The predicted octanol–water partition coefficient (Wildman–Crippen LogP) is 1.73. The van der Waals surface area contributed by atoms with E-state index in [0.717, 1.165) is 16.5 Å². The van der Waals surface area contributed by atoms with Crippen LogP contribution in [0, 0.1) is 0 Å². The average Bonchev–Trinajstić information content (AvgIpc) is 2.84. The molecule has 23 heavy (non-hydrogen) atoms. The smallest absolute Gasteiger partial charge is 0.362 e. The molecule has 8 nitrogen and oxygen atoms in total. The topological polar surface area (TPSA) is 123 Å². The van der Waals surface area contributed by atoms with Gasteiger partial charge in [-0.15, -0.1) is 0 Å². The lowest BCUT2D eigenvalue weighted by Gasteiger charge is -2.09.